The minimum absolute atomic E-state index is 0.111. The summed E-state index contributed by atoms with van der Waals surface area (Å²) in [5.74, 6) is -0.580. The lowest BCUT2D eigenvalue weighted by molar-refractivity contribution is -0.152. The van der Waals surface area contributed by atoms with E-state index in [2.05, 4.69) is 0 Å². The fraction of sp³-hybridized carbons (Fsp3) is 0.714. The quantitative estimate of drug-likeness (QED) is 0.701. The van der Waals surface area contributed by atoms with Crippen LogP contribution in [0.2, 0.25) is 0 Å². The Kier molecular flexibility index (Phi) is 5.26. The maximum atomic E-state index is 11.9. The Morgan fingerprint density at radius 3 is 2.40 bits per heavy atom. The topological polar surface area (TPSA) is 81.5 Å². The van der Waals surface area contributed by atoms with Crippen LogP contribution in [0, 0.1) is 16.7 Å². The molecule has 20 heavy (non-hydrogen) atoms. The van der Waals surface area contributed by atoms with E-state index in [4.69, 9.17) is 5.26 Å². The van der Waals surface area contributed by atoms with Gasteiger partial charge in [0, 0.05) is 39.4 Å². The van der Waals surface area contributed by atoms with Crippen LogP contribution >= 0.6 is 0 Å². The Bertz CT molecular complexity index is 431. The SMILES string of the molecule is CN(CCC#N)C(=O)CCN1C(=O)CC(C)(C)CC1=O. The third kappa shape index (κ3) is 4.34. The molecule has 1 aliphatic rings. The van der Waals surface area contributed by atoms with E-state index in [1.54, 1.807) is 7.05 Å². The standard InChI is InChI=1S/C14H21N3O3/c1-14(2)9-12(19)17(13(20)10-14)8-5-11(18)16(3)7-4-6-15/h4-5,7-10H2,1-3H3. The molecule has 0 unspecified atom stereocenters. The van der Waals surface area contributed by atoms with Crippen LogP contribution in [0.5, 0.6) is 0 Å². The second-order valence-corrected chi connectivity index (χ2v) is 5.93. The summed E-state index contributed by atoms with van der Waals surface area (Å²) in [4.78, 5) is 38.3. The van der Waals surface area contributed by atoms with E-state index >= 15 is 0 Å². The molecule has 0 aromatic carbocycles. The van der Waals surface area contributed by atoms with E-state index in [0.717, 1.165) is 0 Å². The van der Waals surface area contributed by atoms with Crippen LogP contribution in [0.15, 0.2) is 0 Å². The molecule has 0 radical (unpaired) electrons. The van der Waals surface area contributed by atoms with Gasteiger partial charge in [0.05, 0.1) is 12.5 Å². The molecular weight excluding hydrogens is 258 g/mol. The second kappa shape index (κ2) is 6.51. The van der Waals surface area contributed by atoms with Gasteiger partial charge in [-0.3, -0.25) is 19.3 Å². The third-order valence-corrected chi connectivity index (χ3v) is 3.40. The molecule has 0 aliphatic carbocycles. The molecule has 0 N–H and O–H groups in total. The minimum Gasteiger partial charge on any atom is -0.345 e. The van der Waals surface area contributed by atoms with E-state index < -0.39 is 0 Å². The molecule has 0 spiro atoms. The molecule has 1 rings (SSSR count). The second-order valence-electron chi connectivity index (χ2n) is 5.93. The molecule has 3 amide bonds. The maximum absolute atomic E-state index is 11.9. The molecule has 1 saturated heterocycles. The van der Waals surface area contributed by atoms with Gasteiger partial charge in [-0.1, -0.05) is 13.8 Å². The van der Waals surface area contributed by atoms with Crippen LogP contribution in [0.25, 0.3) is 0 Å². The lowest BCUT2D eigenvalue weighted by Crippen LogP contribution is -2.47. The van der Waals surface area contributed by atoms with Gasteiger partial charge in [-0.05, 0) is 5.41 Å². The Balaban J connectivity index is 2.49. The summed E-state index contributed by atoms with van der Waals surface area (Å²) in [5, 5.41) is 8.46. The highest BCUT2D eigenvalue weighted by Gasteiger charge is 2.37. The van der Waals surface area contributed by atoms with Crippen molar-refractivity contribution in [1.29, 1.82) is 5.26 Å². The third-order valence-electron chi connectivity index (χ3n) is 3.40. The Morgan fingerprint density at radius 1 is 1.35 bits per heavy atom. The highest BCUT2D eigenvalue weighted by atomic mass is 16.2. The van der Waals surface area contributed by atoms with E-state index in [1.807, 2.05) is 19.9 Å². The minimum atomic E-state index is -0.293. The molecule has 0 atom stereocenters. The van der Waals surface area contributed by atoms with E-state index in [-0.39, 0.29) is 42.5 Å². The lowest BCUT2D eigenvalue weighted by Gasteiger charge is -2.34. The van der Waals surface area contributed by atoms with E-state index in [0.29, 0.717) is 19.4 Å². The average molecular weight is 279 g/mol. The predicted octanol–water partition coefficient (Wildman–Crippen LogP) is 0.924. The Hall–Kier alpha value is -1.90. The first kappa shape index (κ1) is 16.2. The number of rotatable bonds is 5. The fourth-order valence-corrected chi connectivity index (χ4v) is 2.20. The fourth-order valence-electron chi connectivity index (χ4n) is 2.20. The van der Waals surface area contributed by atoms with Crippen LogP contribution in [-0.4, -0.2) is 47.7 Å². The highest BCUT2D eigenvalue weighted by molar-refractivity contribution is 5.98. The Labute approximate surface area is 119 Å². The van der Waals surface area contributed by atoms with Crippen LogP contribution in [0.3, 0.4) is 0 Å². The number of piperidine rings is 1. The number of amides is 3. The summed E-state index contributed by atoms with van der Waals surface area (Å²) in [6.45, 7) is 4.27. The largest absolute Gasteiger partial charge is 0.345 e. The van der Waals surface area contributed by atoms with Gasteiger partial charge >= 0.3 is 0 Å². The van der Waals surface area contributed by atoms with Gasteiger partial charge in [0.2, 0.25) is 17.7 Å². The predicted molar refractivity (Wildman–Crippen MR) is 72.2 cm³/mol. The van der Waals surface area contributed by atoms with Gasteiger partial charge in [-0.2, -0.15) is 5.26 Å². The molecule has 6 heteroatoms. The zero-order valence-electron chi connectivity index (χ0n) is 12.3. The normalized spacial score (nSPS) is 17.8. The first-order chi connectivity index (χ1) is 9.26. The molecule has 1 fully saturated rings. The number of nitrogens with zero attached hydrogens (tertiary/aromatic N) is 3. The molecular formula is C14H21N3O3. The first-order valence-corrected chi connectivity index (χ1v) is 6.71. The molecule has 6 nitrogen and oxygen atoms in total. The summed E-state index contributed by atoms with van der Waals surface area (Å²) in [5.41, 5.74) is -0.293. The van der Waals surface area contributed by atoms with Crippen LogP contribution in [-0.2, 0) is 14.4 Å². The van der Waals surface area contributed by atoms with E-state index in [9.17, 15) is 14.4 Å². The van der Waals surface area contributed by atoms with Gasteiger partial charge in [0.15, 0.2) is 0 Å². The van der Waals surface area contributed by atoms with Gasteiger partial charge < -0.3 is 4.90 Å². The van der Waals surface area contributed by atoms with Crippen molar-refractivity contribution in [3.05, 3.63) is 0 Å². The maximum Gasteiger partial charge on any atom is 0.229 e. The van der Waals surface area contributed by atoms with Crippen molar-refractivity contribution in [3.8, 4) is 6.07 Å². The zero-order valence-corrected chi connectivity index (χ0v) is 12.3. The summed E-state index contributed by atoms with van der Waals surface area (Å²) in [7, 11) is 1.61. The monoisotopic (exact) mass is 279 g/mol. The molecule has 0 aromatic heterocycles. The van der Waals surface area contributed by atoms with Gasteiger partial charge in [-0.25, -0.2) is 0 Å². The van der Waals surface area contributed by atoms with Crippen LogP contribution in [0.4, 0.5) is 0 Å². The highest BCUT2D eigenvalue weighted by Crippen LogP contribution is 2.31. The van der Waals surface area contributed by atoms with Crippen molar-refractivity contribution < 1.29 is 14.4 Å². The van der Waals surface area contributed by atoms with E-state index in [1.165, 1.54) is 9.80 Å². The number of hydrogen-bond donors (Lipinski definition) is 0. The average Bonchev–Trinajstić information content (AvgIpc) is 2.33. The molecule has 0 saturated carbocycles. The number of imide groups is 1. The molecule has 0 bridgehead atoms. The number of hydrogen-bond acceptors (Lipinski definition) is 4. The lowest BCUT2D eigenvalue weighted by atomic mass is 9.82. The van der Waals surface area contributed by atoms with Crippen molar-refractivity contribution in [3.63, 3.8) is 0 Å². The summed E-state index contributed by atoms with van der Waals surface area (Å²) in [6, 6.07) is 1.97. The van der Waals surface area contributed by atoms with Crippen molar-refractivity contribution in [2.75, 3.05) is 20.1 Å². The van der Waals surface area contributed by atoms with Gasteiger partial charge in [-0.15, -0.1) is 0 Å². The Morgan fingerprint density at radius 2 is 1.90 bits per heavy atom. The van der Waals surface area contributed by atoms with Crippen molar-refractivity contribution in [2.45, 2.75) is 39.5 Å². The van der Waals surface area contributed by atoms with Gasteiger partial charge in [0.1, 0.15) is 0 Å². The number of carbonyl (C=O) groups excluding carboxylic acids is 3. The number of nitriles is 1. The molecule has 110 valence electrons. The first-order valence-electron chi connectivity index (χ1n) is 6.71. The summed E-state index contributed by atoms with van der Waals surface area (Å²) in [6.07, 6.45) is 1.05. The number of likely N-dealkylation sites (tertiary alicyclic amines) is 1. The van der Waals surface area contributed by atoms with Gasteiger partial charge in [0.25, 0.3) is 0 Å². The molecule has 0 aromatic rings. The smallest absolute Gasteiger partial charge is 0.229 e. The summed E-state index contributed by atoms with van der Waals surface area (Å²) < 4.78 is 0. The molecule has 1 aliphatic heterocycles. The molecule has 1 heterocycles. The van der Waals surface area contributed by atoms with Crippen molar-refractivity contribution in [1.82, 2.24) is 9.80 Å². The number of carbonyl (C=O) groups is 3. The van der Waals surface area contributed by atoms with Crippen molar-refractivity contribution >= 4 is 17.7 Å². The summed E-state index contributed by atoms with van der Waals surface area (Å²) >= 11 is 0. The van der Waals surface area contributed by atoms with Crippen molar-refractivity contribution in [2.24, 2.45) is 5.41 Å². The van der Waals surface area contributed by atoms with Crippen LogP contribution in [0.1, 0.15) is 39.5 Å². The van der Waals surface area contributed by atoms with Crippen LogP contribution < -0.4 is 0 Å². The zero-order chi connectivity index (χ0) is 15.3.